The quantitative estimate of drug-likeness (QED) is 0.647. The van der Waals surface area contributed by atoms with Crippen molar-refractivity contribution in [3.63, 3.8) is 0 Å². The second-order valence-electron chi connectivity index (χ2n) is 5.49. The lowest BCUT2D eigenvalue weighted by Gasteiger charge is -2.11. The van der Waals surface area contributed by atoms with E-state index in [9.17, 15) is 19.8 Å². The summed E-state index contributed by atoms with van der Waals surface area (Å²) in [4.78, 5) is 25.1. The number of carbonyl (C=O) groups excluding carboxylic acids is 1. The van der Waals surface area contributed by atoms with Gasteiger partial charge in [-0.3, -0.25) is 9.59 Å². The van der Waals surface area contributed by atoms with Crippen LogP contribution in [0.3, 0.4) is 0 Å². The van der Waals surface area contributed by atoms with Gasteiger partial charge < -0.3 is 20.1 Å². The number of pyridine rings is 1. The molecule has 1 amide bonds. The first-order valence-corrected chi connectivity index (χ1v) is 7.26. The van der Waals surface area contributed by atoms with E-state index in [4.69, 9.17) is 0 Å². The van der Waals surface area contributed by atoms with Crippen LogP contribution in [0.1, 0.15) is 15.9 Å². The van der Waals surface area contributed by atoms with Gasteiger partial charge in [-0.15, -0.1) is 5.10 Å². The summed E-state index contributed by atoms with van der Waals surface area (Å²) in [6, 6.07) is 6.00. The minimum Gasteiger partial charge on any atom is -0.508 e. The first-order valence-electron chi connectivity index (χ1n) is 7.26. The average molecular weight is 324 g/mol. The fourth-order valence-corrected chi connectivity index (χ4v) is 3.04. The van der Waals surface area contributed by atoms with Crippen molar-refractivity contribution in [2.45, 2.75) is 13.0 Å². The number of carbonyl (C=O) groups is 1. The molecule has 1 aliphatic heterocycles. The van der Waals surface area contributed by atoms with Gasteiger partial charge in [0.25, 0.3) is 11.5 Å². The van der Waals surface area contributed by atoms with Crippen molar-refractivity contribution >= 4 is 22.6 Å². The number of benzene rings is 1. The zero-order chi connectivity index (χ0) is 16.8. The Morgan fingerprint density at radius 3 is 2.88 bits per heavy atom. The van der Waals surface area contributed by atoms with Crippen LogP contribution in [0.15, 0.2) is 35.3 Å². The van der Waals surface area contributed by atoms with Gasteiger partial charge in [0, 0.05) is 18.1 Å². The molecule has 1 aliphatic rings. The van der Waals surface area contributed by atoms with Crippen LogP contribution in [-0.4, -0.2) is 30.9 Å². The second kappa shape index (κ2) is 5.05. The van der Waals surface area contributed by atoms with Crippen molar-refractivity contribution in [2.75, 3.05) is 5.32 Å². The lowest BCUT2D eigenvalue weighted by molar-refractivity contribution is 0.102. The number of hydrogen-bond acceptors (Lipinski definition) is 6. The summed E-state index contributed by atoms with van der Waals surface area (Å²) < 4.78 is 1.44. The standard InChI is InChI=1S/C16H12N4O4/c21-9-6-8-3-5-20-13(8)10(7-9)14(22)12(16(20)24)15(23)18-11-2-1-4-17-19-11/h1-2,4,6-7,21-22H,3,5H2,(H,18,19,23). The fraction of sp³-hybridized carbons (Fsp3) is 0.125. The number of hydrogen-bond donors (Lipinski definition) is 3. The third-order valence-corrected chi connectivity index (χ3v) is 4.04. The molecule has 1 aromatic carbocycles. The molecule has 0 spiro atoms. The number of amides is 1. The summed E-state index contributed by atoms with van der Waals surface area (Å²) in [6.45, 7) is 0.389. The van der Waals surface area contributed by atoms with Crippen LogP contribution in [0.5, 0.6) is 11.5 Å². The molecule has 8 heteroatoms. The molecule has 0 saturated carbocycles. The van der Waals surface area contributed by atoms with E-state index in [1.54, 1.807) is 12.1 Å². The maximum atomic E-state index is 12.6. The number of nitrogens with zero attached hydrogens (tertiary/aromatic N) is 3. The topological polar surface area (TPSA) is 117 Å². The molecule has 120 valence electrons. The molecule has 0 saturated heterocycles. The van der Waals surface area contributed by atoms with Crippen LogP contribution in [0.25, 0.3) is 10.9 Å². The number of phenolic OH excluding ortho intramolecular Hbond substituents is 1. The predicted octanol–water partition coefficient (Wildman–Crippen LogP) is 1.01. The fourth-order valence-electron chi connectivity index (χ4n) is 3.04. The van der Waals surface area contributed by atoms with Gasteiger partial charge in [0.2, 0.25) is 0 Å². The number of rotatable bonds is 2. The summed E-state index contributed by atoms with van der Waals surface area (Å²) in [6.07, 6.45) is 2.00. The second-order valence-corrected chi connectivity index (χ2v) is 5.49. The normalized spacial score (nSPS) is 12.5. The van der Waals surface area contributed by atoms with Gasteiger partial charge in [-0.1, -0.05) is 0 Å². The maximum Gasteiger partial charge on any atom is 0.267 e. The Kier molecular flexibility index (Phi) is 2.99. The van der Waals surface area contributed by atoms with Crippen LogP contribution in [-0.2, 0) is 13.0 Å². The van der Waals surface area contributed by atoms with Crippen LogP contribution < -0.4 is 10.9 Å². The maximum absolute atomic E-state index is 12.6. The Labute approximate surface area is 135 Å². The predicted molar refractivity (Wildman–Crippen MR) is 85.2 cm³/mol. The van der Waals surface area contributed by atoms with Gasteiger partial charge in [0.1, 0.15) is 17.1 Å². The summed E-state index contributed by atoms with van der Waals surface area (Å²) >= 11 is 0. The third kappa shape index (κ3) is 2.00. The highest BCUT2D eigenvalue weighted by Gasteiger charge is 2.27. The largest absolute Gasteiger partial charge is 0.508 e. The van der Waals surface area contributed by atoms with Crippen molar-refractivity contribution in [1.82, 2.24) is 14.8 Å². The molecule has 2 aromatic heterocycles. The molecule has 3 N–H and O–H groups in total. The Hall–Kier alpha value is -3.42. The SMILES string of the molecule is O=C(Nc1cccnn1)c1c(O)c2cc(O)cc3c2n(c1=O)CC3. The van der Waals surface area contributed by atoms with E-state index in [0.29, 0.717) is 18.5 Å². The van der Waals surface area contributed by atoms with Crippen LogP contribution in [0.4, 0.5) is 5.82 Å². The van der Waals surface area contributed by atoms with Crippen LogP contribution in [0, 0.1) is 0 Å². The minimum absolute atomic E-state index is 0.0276. The number of aromatic hydroxyl groups is 2. The summed E-state index contributed by atoms with van der Waals surface area (Å²) in [7, 11) is 0. The minimum atomic E-state index is -0.777. The highest BCUT2D eigenvalue weighted by atomic mass is 16.3. The molecule has 0 unspecified atom stereocenters. The number of phenols is 1. The van der Waals surface area contributed by atoms with Crippen molar-refractivity contribution in [3.8, 4) is 11.5 Å². The van der Waals surface area contributed by atoms with Gasteiger partial charge in [0.05, 0.1) is 5.52 Å². The number of nitrogens with one attached hydrogen (secondary N) is 1. The summed E-state index contributed by atoms with van der Waals surface area (Å²) in [5, 5.41) is 30.3. The van der Waals surface area contributed by atoms with Crippen LogP contribution in [0.2, 0.25) is 0 Å². The first-order chi connectivity index (χ1) is 11.6. The molecule has 8 nitrogen and oxygen atoms in total. The van der Waals surface area contributed by atoms with E-state index in [-0.39, 0.29) is 22.5 Å². The van der Waals surface area contributed by atoms with Crippen LogP contribution >= 0.6 is 0 Å². The Morgan fingerprint density at radius 1 is 1.29 bits per heavy atom. The highest BCUT2D eigenvalue weighted by molar-refractivity contribution is 6.09. The average Bonchev–Trinajstić information content (AvgIpc) is 2.98. The lowest BCUT2D eigenvalue weighted by Crippen LogP contribution is -2.28. The number of anilines is 1. The number of aromatic nitrogens is 3. The molecule has 0 fully saturated rings. The molecule has 0 radical (unpaired) electrons. The zero-order valence-electron chi connectivity index (χ0n) is 12.4. The van der Waals surface area contributed by atoms with E-state index >= 15 is 0 Å². The highest BCUT2D eigenvalue weighted by Crippen LogP contribution is 2.35. The van der Waals surface area contributed by atoms with E-state index in [1.807, 2.05) is 0 Å². The zero-order valence-corrected chi connectivity index (χ0v) is 12.4. The Balaban J connectivity index is 1.91. The van der Waals surface area contributed by atoms with Gasteiger partial charge >= 0.3 is 0 Å². The summed E-state index contributed by atoms with van der Waals surface area (Å²) in [5.41, 5.74) is 0.349. The van der Waals surface area contributed by atoms with Gasteiger partial charge in [0.15, 0.2) is 5.82 Å². The molecule has 4 rings (SSSR count). The van der Waals surface area contributed by atoms with Gasteiger partial charge in [-0.2, -0.15) is 5.10 Å². The van der Waals surface area contributed by atoms with Crippen molar-refractivity contribution in [2.24, 2.45) is 0 Å². The van der Waals surface area contributed by atoms with Crippen molar-refractivity contribution in [3.05, 3.63) is 51.9 Å². The monoisotopic (exact) mass is 324 g/mol. The molecule has 3 heterocycles. The van der Waals surface area contributed by atoms with E-state index in [2.05, 4.69) is 15.5 Å². The molecule has 0 aliphatic carbocycles. The summed E-state index contributed by atoms with van der Waals surface area (Å²) in [5.74, 6) is -1.09. The van der Waals surface area contributed by atoms with Gasteiger partial charge in [-0.25, -0.2) is 0 Å². The Bertz CT molecular complexity index is 1040. The van der Waals surface area contributed by atoms with E-state index < -0.39 is 17.2 Å². The first kappa shape index (κ1) is 14.2. The smallest absolute Gasteiger partial charge is 0.267 e. The van der Waals surface area contributed by atoms with Crippen molar-refractivity contribution in [1.29, 1.82) is 0 Å². The molecule has 3 aromatic rings. The molecular weight excluding hydrogens is 312 g/mol. The third-order valence-electron chi connectivity index (χ3n) is 4.04. The lowest BCUT2D eigenvalue weighted by atomic mass is 10.1. The molecule has 24 heavy (non-hydrogen) atoms. The van der Waals surface area contributed by atoms with E-state index in [1.165, 1.54) is 22.9 Å². The van der Waals surface area contributed by atoms with Gasteiger partial charge in [-0.05, 0) is 36.2 Å². The molecule has 0 bridgehead atoms. The number of aryl methyl sites for hydroxylation is 2. The molecule has 0 atom stereocenters. The van der Waals surface area contributed by atoms with E-state index in [0.717, 1.165) is 5.56 Å². The van der Waals surface area contributed by atoms with Crippen molar-refractivity contribution < 1.29 is 15.0 Å². The Morgan fingerprint density at radius 2 is 2.12 bits per heavy atom. The molecular formula is C16H12N4O4.